The van der Waals surface area contributed by atoms with Crippen LogP contribution in [0, 0.1) is 0 Å². The number of carboxylic acid groups (broad SMARTS) is 1. The molecule has 0 radical (unpaired) electrons. The highest BCUT2D eigenvalue weighted by molar-refractivity contribution is 5.87. The van der Waals surface area contributed by atoms with Crippen LogP contribution in [-0.2, 0) is 13.0 Å². The number of carbonyl (C=O) groups is 1. The van der Waals surface area contributed by atoms with Crippen LogP contribution in [-0.4, -0.2) is 27.4 Å². The van der Waals surface area contributed by atoms with E-state index in [1.165, 1.54) is 29.8 Å². The Bertz CT molecular complexity index is 699. The summed E-state index contributed by atoms with van der Waals surface area (Å²) in [6, 6.07) is 6.97. The van der Waals surface area contributed by atoms with Crippen molar-refractivity contribution in [2.45, 2.75) is 31.7 Å². The van der Waals surface area contributed by atoms with Gasteiger partial charge in [-0.1, -0.05) is 0 Å². The van der Waals surface area contributed by atoms with Crippen LogP contribution in [0.1, 0.15) is 46.1 Å². The molecule has 2 aliphatic rings. The zero-order valence-electron chi connectivity index (χ0n) is 11.7. The van der Waals surface area contributed by atoms with Crippen molar-refractivity contribution in [3.8, 4) is 5.69 Å². The van der Waals surface area contributed by atoms with E-state index in [0.29, 0.717) is 11.5 Å². The van der Waals surface area contributed by atoms with Crippen molar-refractivity contribution in [2.75, 3.05) is 6.54 Å². The Hall–Kier alpha value is -2.14. The summed E-state index contributed by atoms with van der Waals surface area (Å²) >= 11 is 0. The van der Waals surface area contributed by atoms with Crippen molar-refractivity contribution in [1.29, 1.82) is 0 Å². The van der Waals surface area contributed by atoms with Crippen LogP contribution in [0.5, 0.6) is 0 Å². The van der Waals surface area contributed by atoms with E-state index in [2.05, 4.69) is 5.32 Å². The van der Waals surface area contributed by atoms with Gasteiger partial charge in [-0.05, 0) is 37.1 Å². The van der Waals surface area contributed by atoms with Gasteiger partial charge < -0.3 is 10.4 Å². The fourth-order valence-corrected chi connectivity index (χ4v) is 3.02. The lowest BCUT2D eigenvalue weighted by Crippen LogP contribution is -2.24. The number of aromatic nitrogens is 2. The predicted molar refractivity (Wildman–Crippen MR) is 77.9 cm³/mol. The number of nitrogens with one attached hydrogen (secondary N) is 1. The molecule has 0 atom stereocenters. The minimum Gasteiger partial charge on any atom is -0.478 e. The molecule has 0 bridgehead atoms. The lowest BCUT2D eigenvalue weighted by atomic mass is 10.0. The van der Waals surface area contributed by atoms with Gasteiger partial charge in [0.1, 0.15) is 0 Å². The fraction of sp³-hybridized carbons (Fsp3) is 0.375. The Kier molecular flexibility index (Phi) is 2.82. The molecule has 5 nitrogen and oxygen atoms in total. The molecule has 2 aromatic rings. The van der Waals surface area contributed by atoms with Gasteiger partial charge in [0, 0.05) is 31.0 Å². The normalized spacial score (nSPS) is 17.5. The number of aromatic carboxylic acids is 1. The molecule has 0 spiro atoms. The molecule has 2 N–H and O–H groups in total. The fourth-order valence-electron chi connectivity index (χ4n) is 3.02. The lowest BCUT2D eigenvalue weighted by molar-refractivity contribution is 0.0697. The van der Waals surface area contributed by atoms with Crippen molar-refractivity contribution in [2.24, 2.45) is 0 Å². The average molecular weight is 283 g/mol. The van der Waals surface area contributed by atoms with Crippen molar-refractivity contribution >= 4 is 5.97 Å². The number of rotatable bonds is 3. The van der Waals surface area contributed by atoms with Crippen LogP contribution >= 0.6 is 0 Å². The molecular formula is C16H17N3O2. The van der Waals surface area contributed by atoms with Gasteiger partial charge in [-0.3, -0.25) is 0 Å². The topological polar surface area (TPSA) is 67.1 Å². The van der Waals surface area contributed by atoms with E-state index in [0.717, 1.165) is 25.2 Å². The number of fused-ring (bicyclic) bond motifs is 1. The minimum absolute atomic E-state index is 0.309. The first kappa shape index (κ1) is 12.6. The second-order valence-corrected chi connectivity index (χ2v) is 5.78. The number of hydrogen-bond acceptors (Lipinski definition) is 3. The zero-order valence-corrected chi connectivity index (χ0v) is 11.7. The van der Waals surface area contributed by atoms with E-state index >= 15 is 0 Å². The van der Waals surface area contributed by atoms with Gasteiger partial charge in [0.25, 0.3) is 0 Å². The third-order valence-corrected chi connectivity index (χ3v) is 4.28. The molecule has 0 saturated heterocycles. The Morgan fingerprint density at radius 1 is 1.29 bits per heavy atom. The number of nitrogens with zero attached hydrogens (tertiary/aromatic N) is 2. The molecule has 1 aliphatic heterocycles. The maximum atomic E-state index is 11.0. The van der Waals surface area contributed by atoms with Crippen LogP contribution in [0.15, 0.2) is 24.3 Å². The third-order valence-electron chi connectivity index (χ3n) is 4.28. The van der Waals surface area contributed by atoms with Gasteiger partial charge in [-0.15, -0.1) is 0 Å². The molecule has 1 fully saturated rings. The second kappa shape index (κ2) is 4.70. The van der Waals surface area contributed by atoms with Crippen molar-refractivity contribution in [3.63, 3.8) is 0 Å². The van der Waals surface area contributed by atoms with Crippen molar-refractivity contribution < 1.29 is 9.90 Å². The third kappa shape index (κ3) is 2.14. The van der Waals surface area contributed by atoms with Gasteiger partial charge in [0.05, 0.1) is 22.6 Å². The SMILES string of the molecule is O=C(O)c1ccc(-n2nc(C3CC3)c3c2CCNC3)cc1. The summed E-state index contributed by atoms with van der Waals surface area (Å²) in [4.78, 5) is 11.0. The molecule has 0 unspecified atom stereocenters. The van der Waals surface area contributed by atoms with E-state index in [1.807, 2.05) is 16.8 Å². The summed E-state index contributed by atoms with van der Waals surface area (Å²) in [6.45, 7) is 1.87. The first-order valence-corrected chi connectivity index (χ1v) is 7.39. The monoisotopic (exact) mass is 283 g/mol. The van der Waals surface area contributed by atoms with Crippen molar-refractivity contribution in [1.82, 2.24) is 15.1 Å². The molecule has 108 valence electrons. The highest BCUT2D eigenvalue weighted by Crippen LogP contribution is 2.42. The average Bonchev–Trinajstić information content (AvgIpc) is 3.28. The van der Waals surface area contributed by atoms with E-state index in [4.69, 9.17) is 10.2 Å². The summed E-state index contributed by atoms with van der Waals surface area (Å²) < 4.78 is 2.01. The highest BCUT2D eigenvalue weighted by atomic mass is 16.4. The van der Waals surface area contributed by atoms with Gasteiger partial charge in [-0.25, -0.2) is 9.48 Å². The predicted octanol–water partition coefficient (Wildman–Crippen LogP) is 2.09. The molecule has 0 amide bonds. The second-order valence-electron chi connectivity index (χ2n) is 5.78. The number of hydrogen-bond donors (Lipinski definition) is 2. The molecule has 1 saturated carbocycles. The first-order valence-electron chi connectivity index (χ1n) is 7.39. The van der Waals surface area contributed by atoms with Crippen LogP contribution in [0.4, 0.5) is 0 Å². The van der Waals surface area contributed by atoms with Gasteiger partial charge >= 0.3 is 5.97 Å². The van der Waals surface area contributed by atoms with Crippen LogP contribution in [0.25, 0.3) is 5.69 Å². The van der Waals surface area contributed by atoms with E-state index in [-0.39, 0.29) is 0 Å². The molecule has 4 rings (SSSR count). The van der Waals surface area contributed by atoms with Crippen molar-refractivity contribution in [3.05, 3.63) is 46.8 Å². The van der Waals surface area contributed by atoms with E-state index < -0.39 is 5.97 Å². The smallest absolute Gasteiger partial charge is 0.335 e. The number of benzene rings is 1. The largest absolute Gasteiger partial charge is 0.478 e. The molecule has 1 aromatic heterocycles. The Balaban J connectivity index is 1.78. The quantitative estimate of drug-likeness (QED) is 0.905. The van der Waals surface area contributed by atoms with Crippen LogP contribution < -0.4 is 5.32 Å². The van der Waals surface area contributed by atoms with Crippen LogP contribution in [0.2, 0.25) is 0 Å². The highest BCUT2D eigenvalue weighted by Gasteiger charge is 2.32. The number of carboxylic acids is 1. The van der Waals surface area contributed by atoms with Crippen LogP contribution in [0.3, 0.4) is 0 Å². The van der Waals surface area contributed by atoms with E-state index in [1.54, 1.807) is 12.1 Å². The molecular weight excluding hydrogens is 266 g/mol. The molecule has 2 heterocycles. The summed E-state index contributed by atoms with van der Waals surface area (Å²) in [5, 5.41) is 17.2. The molecule has 1 aliphatic carbocycles. The Morgan fingerprint density at radius 2 is 2.05 bits per heavy atom. The van der Waals surface area contributed by atoms with Gasteiger partial charge in [0.2, 0.25) is 0 Å². The zero-order chi connectivity index (χ0) is 14.4. The minimum atomic E-state index is -0.896. The molecule has 5 heteroatoms. The maximum Gasteiger partial charge on any atom is 0.335 e. The van der Waals surface area contributed by atoms with E-state index in [9.17, 15) is 4.79 Å². The summed E-state index contributed by atoms with van der Waals surface area (Å²) in [5.41, 5.74) is 5.12. The molecule has 21 heavy (non-hydrogen) atoms. The summed E-state index contributed by atoms with van der Waals surface area (Å²) in [6.07, 6.45) is 3.44. The van der Waals surface area contributed by atoms with Gasteiger partial charge in [-0.2, -0.15) is 5.10 Å². The Morgan fingerprint density at radius 3 is 2.71 bits per heavy atom. The Labute approximate surface area is 122 Å². The lowest BCUT2D eigenvalue weighted by Gasteiger charge is -2.15. The summed E-state index contributed by atoms with van der Waals surface area (Å²) in [5.74, 6) is -0.273. The standard InChI is InChI=1S/C16H17N3O2/c20-16(21)11-3-5-12(6-4-11)19-14-7-8-17-9-13(14)15(18-19)10-1-2-10/h3-6,10,17H,1-2,7-9H2,(H,20,21). The maximum absolute atomic E-state index is 11.0. The summed E-state index contributed by atoms with van der Waals surface area (Å²) in [7, 11) is 0. The first-order chi connectivity index (χ1) is 10.2. The molecule has 1 aromatic carbocycles. The van der Waals surface area contributed by atoms with Gasteiger partial charge in [0.15, 0.2) is 0 Å².